The Morgan fingerprint density at radius 2 is 2.38 bits per heavy atom. The molecule has 5 heteroatoms. The summed E-state index contributed by atoms with van der Waals surface area (Å²) in [6.07, 6.45) is 2.80. The number of hydrogen-bond acceptors (Lipinski definition) is 5. The van der Waals surface area contributed by atoms with Crippen LogP contribution in [0.1, 0.15) is 15.4 Å². The normalized spacial score (nSPS) is 10.2. The van der Waals surface area contributed by atoms with Crippen molar-refractivity contribution in [1.82, 2.24) is 10.3 Å². The number of thiazole rings is 1. The van der Waals surface area contributed by atoms with Crippen molar-refractivity contribution >= 4 is 22.7 Å². The minimum Gasteiger partial charge on any atom is -0.311 e. The van der Waals surface area contributed by atoms with E-state index >= 15 is 0 Å². The van der Waals surface area contributed by atoms with Crippen LogP contribution in [-0.2, 0) is 13.0 Å². The van der Waals surface area contributed by atoms with Gasteiger partial charge in [0.25, 0.3) is 0 Å². The Bertz CT molecular complexity index is 468. The molecule has 0 aliphatic rings. The molecule has 2 aromatic rings. The molecule has 2 heterocycles. The maximum absolute atomic E-state index is 8.68. The van der Waals surface area contributed by atoms with Crippen molar-refractivity contribution in [3.63, 3.8) is 0 Å². The summed E-state index contributed by atoms with van der Waals surface area (Å²) >= 11 is 3.31. The molecule has 0 saturated heterocycles. The maximum atomic E-state index is 8.68. The monoisotopic (exact) mass is 249 g/mol. The van der Waals surface area contributed by atoms with Crippen molar-refractivity contribution < 1.29 is 0 Å². The summed E-state index contributed by atoms with van der Waals surface area (Å²) < 4.78 is 0. The third kappa shape index (κ3) is 3.14. The third-order valence-corrected chi connectivity index (χ3v) is 3.86. The lowest BCUT2D eigenvalue weighted by Crippen LogP contribution is -2.15. The van der Waals surface area contributed by atoms with E-state index in [0.29, 0.717) is 0 Å². The van der Waals surface area contributed by atoms with Gasteiger partial charge in [0.05, 0.1) is 10.6 Å². The highest BCUT2D eigenvalue weighted by atomic mass is 32.1. The van der Waals surface area contributed by atoms with Gasteiger partial charge in [0.1, 0.15) is 6.07 Å². The van der Waals surface area contributed by atoms with Gasteiger partial charge < -0.3 is 5.32 Å². The molecule has 0 aromatic carbocycles. The fourth-order valence-corrected chi connectivity index (χ4v) is 2.72. The second kappa shape index (κ2) is 5.75. The van der Waals surface area contributed by atoms with Gasteiger partial charge in [0.15, 0.2) is 0 Å². The molecule has 0 aliphatic heterocycles. The van der Waals surface area contributed by atoms with Gasteiger partial charge in [-0.25, -0.2) is 4.98 Å². The Hall–Kier alpha value is -1.22. The van der Waals surface area contributed by atoms with Crippen molar-refractivity contribution in [3.8, 4) is 6.07 Å². The maximum Gasteiger partial charge on any atom is 0.100 e. The molecule has 2 aromatic heterocycles. The fraction of sp³-hybridized carbons (Fsp3) is 0.273. The summed E-state index contributed by atoms with van der Waals surface area (Å²) in [5, 5.41) is 17.1. The Balaban J connectivity index is 1.70. The summed E-state index contributed by atoms with van der Waals surface area (Å²) in [6.45, 7) is 1.75. The molecule has 16 heavy (non-hydrogen) atoms. The van der Waals surface area contributed by atoms with Crippen LogP contribution in [0.5, 0.6) is 0 Å². The molecule has 2 rings (SSSR count). The van der Waals surface area contributed by atoms with Crippen LogP contribution in [0.2, 0.25) is 0 Å². The van der Waals surface area contributed by atoms with Gasteiger partial charge in [-0.3, -0.25) is 0 Å². The van der Waals surface area contributed by atoms with Crippen molar-refractivity contribution in [3.05, 3.63) is 38.5 Å². The Morgan fingerprint density at radius 1 is 1.44 bits per heavy atom. The van der Waals surface area contributed by atoms with Gasteiger partial charge in [-0.05, 0) is 6.07 Å². The van der Waals surface area contributed by atoms with Crippen LogP contribution in [0.25, 0.3) is 0 Å². The van der Waals surface area contributed by atoms with Crippen LogP contribution < -0.4 is 5.32 Å². The van der Waals surface area contributed by atoms with E-state index in [0.717, 1.165) is 30.1 Å². The van der Waals surface area contributed by atoms with Crippen molar-refractivity contribution in [1.29, 1.82) is 5.26 Å². The average molecular weight is 249 g/mol. The zero-order valence-corrected chi connectivity index (χ0v) is 10.3. The van der Waals surface area contributed by atoms with Crippen LogP contribution in [0, 0.1) is 11.3 Å². The summed E-state index contributed by atoms with van der Waals surface area (Å²) in [5.74, 6) is 0. The van der Waals surface area contributed by atoms with E-state index in [-0.39, 0.29) is 0 Å². The average Bonchev–Trinajstić information content (AvgIpc) is 2.95. The number of hydrogen-bond donors (Lipinski definition) is 1. The van der Waals surface area contributed by atoms with Gasteiger partial charge in [-0.15, -0.1) is 22.7 Å². The first-order chi connectivity index (χ1) is 7.88. The van der Waals surface area contributed by atoms with E-state index in [1.165, 1.54) is 4.88 Å². The fourth-order valence-electron chi connectivity index (χ4n) is 1.32. The Morgan fingerprint density at radius 3 is 3.06 bits per heavy atom. The molecule has 0 aliphatic carbocycles. The minimum absolute atomic E-state index is 0.752. The molecule has 0 spiro atoms. The first-order valence-corrected chi connectivity index (χ1v) is 6.71. The van der Waals surface area contributed by atoms with E-state index in [4.69, 9.17) is 5.26 Å². The largest absolute Gasteiger partial charge is 0.311 e. The molecule has 82 valence electrons. The second-order valence-corrected chi connectivity index (χ2v) is 5.24. The summed E-state index contributed by atoms with van der Waals surface area (Å²) in [6, 6.07) is 4.07. The van der Waals surface area contributed by atoms with Crippen LogP contribution in [-0.4, -0.2) is 11.5 Å². The van der Waals surface area contributed by atoms with Gasteiger partial charge in [0, 0.05) is 41.3 Å². The smallest absolute Gasteiger partial charge is 0.100 e. The number of nitrogens with zero attached hydrogens (tertiary/aromatic N) is 2. The molecular weight excluding hydrogens is 238 g/mol. The topological polar surface area (TPSA) is 48.7 Å². The molecule has 0 saturated carbocycles. The number of nitrogens with one attached hydrogen (secondary N) is 1. The van der Waals surface area contributed by atoms with Gasteiger partial charge in [-0.2, -0.15) is 5.26 Å². The second-order valence-electron chi connectivity index (χ2n) is 3.27. The number of nitriles is 1. The molecular formula is C11H11N3S2. The Kier molecular flexibility index (Phi) is 4.05. The van der Waals surface area contributed by atoms with E-state index < -0.39 is 0 Å². The quantitative estimate of drug-likeness (QED) is 0.828. The van der Waals surface area contributed by atoms with Gasteiger partial charge in [0.2, 0.25) is 0 Å². The van der Waals surface area contributed by atoms with E-state index in [9.17, 15) is 0 Å². The van der Waals surface area contributed by atoms with Crippen molar-refractivity contribution in [2.24, 2.45) is 0 Å². The van der Waals surface area contributed by atoms with E-state index in [2.05, 4.69) is 16.4 Å². The first-order valence-electron chi connectivity index (χ1n) is 4.95. The highest BCUT2D eigenvalue weighted by molar-refractivity contribution is 7.10. The molecule has 0 amide bonds. The predicted octanol–water partition coefficient (Wildman–Crippen LogP) is 2.41. The van der Waals surface area contributed by atoms with Gasteiger partial charge >= 0.3 is 0 Å². The molecule has 1 N–H and O–H groups in total. The highest BCUT2D eigenvalue weighted by Gasteiger charge is 1.99. The SMILES string of the molecule is N#Cc1csc(CNCCc2nccs2)c1. The molecule has 0 fully saturated rings. The lowest BCUT2D eigenvalue weighted by atomic mass is 10.3. The van der Waals surface area contributed by atoms with Crippen LogP contribution in [0.4, 0.5) is 0 Å². The van der Waals surface area contributed by atoms with E-state index in [1.807, 2.05) is 23.0 Å². The lowest BCUT2D eigenvalue weighted by molar-refractivity contribution is 0.692. The third-order valence-electron chi connectivity index (χ3n) is 2.08. The molecule has 0 radical (unpaired) electrons. The minimum atomic E-state index is 0.752. The van der Waals surface area contributed by atoms with Crippen molar-refractivity contribution in [2.75, 3.05) is 6.54 Å². The van der Waals surface area contributed by atoms with Crippen molar-refractivity contribution in [2.45, 2.75) is 13.0 Å². The van der Waals surface area contributed by atoms with Crippen LogP contribution >= 0.6 is 22.7 Å². The summed E-state index contributed by atoms with van der Waals surface area (Å²) in [7, 11) is 0. The van der Waals surface area contributed by atoms with E-state index in [1.54, 1.807) is 22.7 Å². The Labute approximate surface area is 102 Å². The van der Waals surface area contributed by atoms with Gasteiger partial charge in [-0.1, -0.05) is 0 Å². The lowest BCUT2D eigenvalue weighted by Gasteiger charge is -2.00. The van der Waals surface area contributed by atoms with Crippen LogP contribution in [0.15, 0.2) is 23.0 Å². The summed E-state index contributed by atoms with van der Waals surface area (Å²) in [5.41, 5.74) is 0.752. The molecule has 3 nitrogen and oxygen atoms in total. The number of rotatable bonds is 5. The number of aromatic nitrogens is 1. The zero-order chi connectivity index (χ0) is 11.2. The predicted molar refractivity (Wildman–Crippen MR) is 66.6 cm³/mol. The first kappa shape index (κ1) is 11.3. The standard InChI is InChI=1S/C11H11N3S2/c12-6-9-5-10(16-8-9)7-13-2-1-11-14-3-4-15-11/h3-5,8,13H,1-2,7H2. The molecule has 0 atom stereocenters. The molecule has 0 bridgehead atoms. The number of thiophene rings is 1. The highest BCUT2D eigenvalue weighted by Crippen LogP contribution is 2.13. The molecule has 0 unspecified atom stereocenters. The van der Waals surface area contributed by atoms with Crippen LogP contribution in [0.3, 0.4) is 0 Å². The summed E-state index contributed by atoms with van der Waals surface area (Å²) in [4.78, 5) is 5.42. The zero-order valence-electron chi connectivity index (χ0n) is 8.64.